The first kappa shape index (κ1) is 43.9. The van der Waals surface area contributed by atoms with Crippen molar-refractivity contribution in [1.82, 2.24) is 15.4 Å². The lowest BCUT2D eigenvalue weighted by Gasteiger charge is -2.16. The summed E-state index contributed by atoms with van der Waals surface area (Å²) in [5.74, 6) is -8.79. The van der Waals surface area contributed by atoms with Crippen LogP contribution in [0.2, 0.25) is 0 Å². The van der Waals surface area contributed by atoms with Crippen molar-refractivity contribution >= 4 is 50.9 Å². The van der Waals surface area contributed by atoms with Crippen LogP contribution in [0.1, 0.15) is 39.1 Å². The van der Waals surface area contributed by atoms with Crippen LogP contribution in [0.15, 0.2) is 64.9 Å². The third-order valence-electron chi connectivity index (χ3n) is 7.96. The Morgan fingerprint density at radius 3 is 1.83 bits per heavy atom. The molecule has 0 aliphatic heterocycles. The molecule has 1 atom stereocenters. The Balaban J connectivity index is 1.31. The van der Waals surface area contributed by atoms with E-state index in [2.05, 4.69) is 10.6 Å². The number of halogens is 3. The van der Waals surface area contributed by atoms with E-state index in [4.69, 9.17) is 19.3 Å². The second-order valence-electron chi connectivity index (χ2n) is 12.2. The number of phenolic OH excluding ortho intramolecular Hbond substituents is 4. The molecule has 1 unspecified atom stereocenters. The molecule has 312 valence electrons. The average molecular weight is 881 g/mol. The molecule has 0 spiro atoms. The summed E-state index contributed by atoms with van der Waals surface area (Å²) in [6.45, 7) is -0.817. The van der Waals surface area contributed by atoms with E-state index in [0.717, 1.165) is 42.5 Å². The Bertz CT molecular complexity index is 2510. The van der Waals surface area contributed by atoms with E-state index in [1.165, 1.54) is 12.1 Å². The molecule has 5 aromatic rings. The van der Waals surface area contributed by atoms with Crippen LogP contribution in [-0.2, 0) is 14.6 Å². The smallest absolute Gasteiger partial charge is 0.391 e. The lowest BCUT2D eigenvalue weighted by molar-refractivity contribution is 0.0942. The fraction of sp³-hybridized carbons (Fsp3) is 0.194. The quantitative estimate of drug-likeness (QED) is 0.0330. The number of rotatable bonds is 18. The van der Waals surface area contributed by atoms with Crippen molar-refractivity contribution in [3.63, 3.8) is 0 Å². The molecule has 23 heteroatoms. The summed E-state index contributed by atoms with van der Waals surface area (Å²) >= 11 is 0.241. The molecule has 0 saturated carbocycles. The molecule has 17 nitrogen and oxygen atoms in total. The third-order valence-corrected chi connectivity index (χ3v) is 12.2. The molecular formula is C36H32F3N4O13PS2. The lowest BCUT2D eigenvalue weighted by Crippen LogP contribution is -2.25. The Kier molecular flexibility index (Phi) is 13.8. The van der Waals surface area contributed by atoms with Crippen LogP contribution in [-0.4, -0.2) is 78.1 Å². The zero-order chi connectivity index (χ0) is 43.1. The van der Waals surface area contributed by atoms with Gasteiger partial charge in [0.25, 0.3) is 21.8 Å². The molecule has 2 amide bonds. The molecule has 0 radical (unpaired) electrons. The highest BCUT2D eigenvalue weighted by atomic mass is 32.2. The standard InChI is InChI=1S/C36H32F3N4O13PS2/c37-24-15-22(6-3-21(24)17-40)56-57(50,51)18-43-59(52,53)29-16-23-30(38)32(54-11-1-9-41-35(48)19-4-7-25(44)27(46)13-19)33(31(39)34(23)58-29)55-12-2-10-42-36(49)20-5-8-26(45)28(47)14-20/h3-8,13-16,43-47H,1-2,9-12,18H2,(H,41,48)(H,42,49)(H,50,51). The molecule has 8 N–H and O–H groups in total. The van der Waals surface area contributed by atoms with Crippen molar-refractivity contribution in [3.05, 3.63) is 94.8 Å². The minimum absolute atomic E-state index is 0.0127. The highest BCUT2D eigenvalue weighted by Crippen LogP contribution is 2.45. The van der Waals surface area contributed by atoms with E-state index < -0.39 is 108 Å². The van der Waals surface area contributed by atoms with Crippen LogP contribution < -0.4 is 29.4 Å². The molecule has 5 rings (SSSR count). The number of ether oxygens (including phenoxy) is 2. The van der Waals surface area contributed by atoms with Gasteiger partial charge in [0.05, 0.1) is 23.5 Å². The first-order valence-electron chi connectivity index (χ1n) is 16.9. The molecule has 1 aromatic heterocycles. The molecule has 1 heterocycles. The number of benzene rings is 4. The summed E-state index contributed by atoms with van der Waals surface area (Å²) in [5.41, 5.74) is -0.350. The molecule has 59 heavy (non-hydrogen) atoms. The van der Waals surface area contributed by atoms with Gasteiger partial charge in [-0.1, -0.05) is 0 Å². The number of aromatic hydroxyl groups is 4. The van der Waals surface area contributed by atoms with Crippen molar-refractivity contribution in [2.45, 2.75) is 17.1 Å². The third kappa shape index (κ3) is 10.8. The summed E-state index contributed by atoms with van der Waals surface area (Å²) < 4.78 is 102. The summed E-state index contributed by atoms with van der Waals surface area (Å²) in [6, 6.07) is 11.7. The number of amides is 2. The van der Waals surface area contributed by atoms with Gasteiger partial charge in [-0.15, -0.1) is 11.3 Å². The van der Waals surface area contributed by atoms with Crippen LogP contribution in [0.5, 0.6) is 40.2 Å². The Morgan fingerprint density at radius 2 is 1.32 bits per heavy atom. The van der Waals surface area contributed by atoms with E-state index in [1.54, 1.807) is 6.07 Å². The average Bonchev–Trinajstić information content (AvgIpc) is 3.66. The number of nitrogens with zero attached hydrogens (tertiary/aromatic N) is 1. The number of hydrogen-bond donors (Lipinski definition) is 8. The highest BCUT2D eigenvalue weighted by molar-refractivity contribution is 7.92. The number of thiophene rings is 1. The van der Waals surface area contributed by atoms with Crippen LogP contribution in [0, 0.1) is 28.8 Å². The van der Waals surface area contributed by atoms with Crippen LogP contribution in [0.4, 0.5) is 13.2 Å². The summed E-state index contributed by atoms with van der Waals surface area (Å²) in [5, 5.41) is 51.6. The summed E-state index contributed by atoms with van der Waals surface area (Å²) in [6.07, 6.45) is -1.23. The summed E-state index contributed by atoms with van der Waals surface area (Å²) in [4.78, 5) is 35.1. The van der Waals surface area contributed by atoms with Crippen molar-refractivity contribution in [3.8, 4) is 46.3 Å². The largest absolute Gasteiger partial charge is 0.504 e. The molecule has 0 aliphatic rings. The lowest BCUT2D eigenvalue weighted by atomic mass is 10.2. The van der Waals surface area contributed by atoms with Gasteiger partial charge < -0.3 is 50.0 Å². The predicted octanol–water partition coefficient (Wildman–Crippen LogP) is 4.91. The number of phenols is 4. The molecule has 4 aromatic carbocycles. The van der Waals surface area contributed by atoms with E-state index in [9.17, 15) is 52.3 Å². The van der Waals surface area contributed by atoms with E-state index >= 15 is 8.78 Å². The molecule has 0 saturated heterocycles. The molecule has 0 bridgehead atoms. The first-order valence-corrected chi connectivity index (χ1v) is 21.0. The van der Waals surface area contributed by atoms with E-state index in [1.807, 2.05) is 4.72 Å². The number of fused-ring (bicyclic) bond motifs is 1. The van der Waals surface area contributed by atoms with Crippen LogP contribution >= 0.6 is 18.9 Å². The van der Waals surface area contributed by atoms with Gasteiger partial charge in [-0.2, -0.15) is 9.98 Å². The fourth-order valence-electron chi connectivity index (χ4n) is 5.02. The zero-order valence-electron chi connectivity index (χ0n) is 30.1. The van der Waals surface area contributed by atoms with E-state index in [0.29, 0.717) is 6.07 Å². The SMILES string of the molecule is N#Cc1ccc(OP(=O)(O)CNS(=O)(=O)c2cc3c(F)c(OCCCNC(=O)c4ccc(O)c(O)c4)c(OCCCNC(=O)c4ccc(O)c(O)c4)c(F)c3s2)cc1F. The fourth-order valence-corrected chi connectivity index (χ4v) is 8.96. The highest BCUT2D eigenvalue weighted by Gasteiger charge is 2.31. The Hall–Kier alpha value is -6.24. The number of nitriles is 1. The van der Waals surface area contributed by atoms with Crippen molar-refractivity contribution in [2.75, 3.05) is 32.6 Å². The van der Waals surface area contributed by atoms with Gasteiger partial charge in [-0.25, -0.2) is 26.2 Å². The Labute approximate surface area is 336 Å². The van der Waals surface area contributed by atoms with Crippen LogP contribution in [0.3, 0.4) is 0 Å². The van der Waals surface area contributed by atoms with Gasteiger partial charge in [-0.3, -0.25) is 9.59 Å². The predicted molar refractivity (Wildman–Crippen MR) is 203 cm³/mol. The topological polar surface area (TPSA) is 274 Å². The number of carbonyl (C=O) groups excluding carboxylic acids is 2. The first-order chi connectivity index (χ1) is 27.9. The number of nitrogens with one attached hydrogen (secondary N) is 3. The van der Waals surface area contributed by atoms with Gasteiger partial charge in [-0.05, 0) is 67.4 Å². The van der Waals surface area contributed by atoms with E-state index in [-0.39, 0.29) is 67.2 Å². The van der Waals surface area contributed by atoms with Gasteiger partial charge >= 0.3 is 7.60 Å². The maximum absolute atomic E-state index is 16.1. The minimum Gasteiger partial charge on any atom is -0.504 e. The molecular weight excluding hydrogens is 849 g/mol. The van der Waals surface area contributed by atoms with Gasteiger partial charge in [0.2, 0.25) is 11.5 Å². The maximum atomic E-state index is 16.1. The van der Waals surface area contributed by atoms with Crippen molar-refractivity contribution in [1.29, 1.82) is 5.26 Å². The second kappa shape index (κ2) is 18.6. The number of hydrogen-bond acceptors (Lipinski definition) is 14. The number of carbonyl (C=O) groups is 2. The minimum atomic E-state index is -4.86. The molecule has 0 fully saturated rings. The normalized spacial score (nSPS) is 12.3. The summed E-state index contributed by atoms with van der Waals surface area (Å²) in [7, 11) is -9.62. The van der Waals surface area contributed by atoms with Crippen molar-refractivity contribution < 1.29 is 75.1 Å². The maximum Gasteiger partial charge on any atom is 0.391 e. The monoisotopic (exact) mass is 880 g/mol. The van der Waals surface area contributed by atoms with Crippen LogP contribution in [0.25, 0.3) is 10.1 Å². The number of sulfonamides is 1. The van der Waals surface area contributed by atoms with Gasteiger partial charge in [0.15, 0.2) is 34.6 Å². The van der Waals surface area contributed by atoms with Crippen molar-refractivity contribution in [2.24, 2.45) is 0 Å². The molecule has 0 aliphatic carbocycles. The van der Waals surface area contributed by atoms with Gasteiger partial charge in [0, 0.05) is 35.7 Å². The Morgan fingerprint density at radius 1 is 0.780 bits per heavy atom. The zero-order valence-corrected chi connectivity index (χ0v) is 32.6. The second-order valence-corrected chi connectivity index (χ2v) is 17.0. The van der Waals surface area contributed by atoms with Gasteiger partial charge in [0.1, 0.15) is 28.1 Å².